The van der Waals surface area contributed by atoms with Gasteiger partial charge in [0.25, 0.3) is 0 Å². The molecular weight excluding hydrogens is 240 g/mol. The molecule has 0 aliphatic rings. The molecule has 3 nitrogen and oxygen atoms in total. The van der Waals surface area contributed by atoms with Crippen LogP contribution < -0.4 is 0 Å². The number of hydrogen-bond donors (Lipinski definition) is 0. The van der Waals surface area contributed by atoms with E-state index in [2.05, 4.69) is 41.5 Å². The minimum Gasteiger partial charge on any atom is -2.00 e. The molecule has 0 radical (unpaired) electrons. The molecule has 0 unspecified atom stereocenters. The summed E-state index contributed by atoms with van der Waals surface area (Å²) in [6.45, 7) is 15.5. The largest absolute Gasteiger partial charge is 4.00 e. The molecule has 0 bridgehead atoms. The van der Waals surface area contributed by atoms with Crippen LogP contribution >= 0.6 is 0 Å². The fourth-order valence-electron chi connectivity index (χ4n) is 0. The predicted octanol–water partition coefficient (Wildman–Crippen LogP) is 2.59. The summed E-state index contributed by atoms with van der Waals surface area (Å²) in [7, 11) is 0. The van der Waals surface area contributed by atoms with Gasteiger partial charge in [-0.25, -0.2) is 0 Å². The molecule has 0 saturated heterocycles. The van der Waals surface area contributed by atoms with Gasteiger partial charge in [-0.15, -0.1) is 0 Å². The first kappa shape index (κ1) is 47.4. The monoisotopic (exact) mass is 258 g/mol. The molecule has 76 valence electrons. The van der Waals surface area contributed by atoms with Gasteiger partial charge >= 0.3 is 43.4 Å². The van der Waals surface area contributed by atoms with Gasteiger partial charge in [0, 0.05) is 0 Å². The average Bonchev–Trinajstić information content (AvgIpc) is 1.25. The van der Waals surface area contributed by atoms with E-state index in [0.29, 0.717) is 11.8 Å². The van der Waals surface area contributed by atoms with Gasteiger partial charge in [0.2, 0.25) is 0 Å². The Kier molecular flexibility index (Phi) is 138. The van der Waals surface area contributed by atoms with Crippen molar-refractivity contribution in [3.63, 3.8) is 0 Å². The van der Waals surface area contributed by atoms with E-state index >= 15 is 0 Å². The Labute approximate surface area is 113 Å². The molecule has 0 aliphatic carbocycles. The van der Waals surface area contributed by atoms with E-state index in [1.165, 1.54) is 0 Å². The maximum atomic E-state index is 3.64. The molecule has 0 rings (SSSR count). The first-order valence-electron chi connectivity index (χ1n) is 3.13. The summed E-state index contributed by atoms with van der Waals surface area (Å²) >= 11 is 0. The molecule has 0 heterocycles. The molecule has 0 atom stereocenters. The zero-order valence-electron chi connectivity index (χ0n) is 8.79. The second-order valence-electron chi connectivity index (χ2n) is 2.79. The zero-order chi connectivity index (χ0) is 7.15. The Bertz CT molecular complexity index is 32.9. The molecule has 0 spiro atoms. The normalized spacial score (nSPS) is 5.54. The van der Waals surface area contributed by atoms with Crippen LogP contribution in [0.25, 0.3) is 0 Å². The Hall–Kier alpha value is 1.31. The van der Waals surface area contributed by atoms with E-state index in [1.54, 1.807) is 0 Å². The van der Waals surface area contributed by atoms with E-state index in [9.17, 15) is 0 Å². The number of rotatable bonds is 0. The Morgan fingerprint density at radius 3 is 0.615 bits per heavy atom. The maximum Gasteiger partial charge on any atom is 4.00 e. The van der Waals surface area contributed by atoms with Crippen LogP contribution in [0.1, 0.15) is 27.7 Å². The molecular formula is C8H18O3Ti2. The molecule has 0 fully saturated rings. The molecule has 13 heavy (non-hydrogen) atoms. The van der Waals surface area contributed by atoms with Crippen LogP contribution in [0.2, 0.25) is 0 Å². The molecule has 0 saturated carbocycles. The van der Waals surface area contributed by atoms with Gasteiger partial charge in [-0.05, 0) is 0 Å². The predicted molar refractivity (Wildman–Crippen MR) is 42.4 cm³/mol. The Morgan fingerprint density at radius 2 is 0.615 bits per heavy atom. The summed E-state index contributed by atoms with van der Waals surface area (Å²) in [5.74, 6) is 1.17. The van der Waals surface area contributed by atoms with Crippen LogP contribution in [-0.2, 0) is 59.9 Å². The molecule has 0 aromatic carbocycles. The minimum absolute atomic E-state index is 0. The van der Waals surface area contributed by atoms with E-state index in [4.69, 9.17) is 0 Å². The third-order valence-electron chi connectivity index (χ3n) is 0. The number of hydrogen-bond acceptors (Lipinski definition) is 0. The third-order valence-corrected chi connectivity index (χ3v) is 0. The average molecular weight is 258 g/mol. The molecule has 0 N–H and O–H groups in total. The summed E-state index contributed by atoms with van der Waals surface area (Å²) in [5.41, 5.74) is 0. The van der Waals surface area contributed by atoms with Crippen molar-refractivity contribution in [1.82, 2.24) is 0 Å². The van der Waals surface area contributed by atoms with E-state index < -0.39 is 0 Å². The van der Waals surface area contributed by atoms with Gasteiger partial charge in [-0.2, -0.15) is 11.8 Å². The Balaban J connectivity index is -0.00000000800. The van der Waals surface area contributed by atoms with Crippen LogP contribution in [0.15, 0.2) is 0 Å². The van der Waals surface area contributed by atoms with Crippen molar-refractivity contribution in [3.8, 4) is 0 Å². The van der Waals surface area contributed by atoms with E-state index in [1.807, 2.05) is 0 Å². The molecule has 0 amide bonds. The van der Waals surface area contributed by atoms with Gasteiger partial charge in [-0.1, -0.05) is 27.7 Å². The summed E-state index contributed by atoms with van der Waals surface area (Å²) in [4.78, 5) is 0. The summed E-state index contributed by atoms with van der Waals surface area (Å²) in [5, 5.41) is 0. The van der Waals surface area contributed by atoms with Crippen molar-refractivity contribution in [2.24, 2.45) is 11.8 Å². The van der Waals surface area contributed by atoms with Crippen molar-refractivity contribution in [2.45, 2.75) is 27.7 Å². The SMILES string of the molecule is [CH2-]C(C)C.[CH2-]C(C)C.[O-2].[O-2].[O-2].[Ti+4].[Ti+4]. The second-order valence-corrected chi connectivity index (χ2v) is 2.79. The molecule has 5 heteroatoms. The van der Waals surface area contributed by atoms with Crippen molar-refractivity contribution < 1.29 is 59.9 Å². The van der Waals surface area contributed by atoms with Crippen LogP contribution in [0.5, 0.6) is 0 Å². The second kappa shape index (κ2) is 37.7. The summed E-state index contributed by atoms with van der Waals surface area (Å²) in [6.07, 6.45) is 0. The van der Waals surface area contributed by atoms with Gasteiger partial charge in [0.1, 0.15) is 0 Å². The van der Waals surface area contributed by atoms with Gasteiger partial charge in [0.15, 0.2) is 0 Å². The van der Waals surface area contributed by atoms with Crippen molar-refractivity contribution in [2.75, 3.05) is 0 Å². The van der Waals surface area contributed by atoms with Crippen LogP contribution in [0, 0.1) is 25.7 Å². The van der Waals surface area contributed by atoms with Crippen LogP contribution in [0.3, 0.4) is 0 Å². The van der Waals surface area contributed by atoms with Gasteiger partial charge < -0.3 is 30.3 Å². The summed E-state index contributed by atoms with van der Waals surface area (Å²) in [6, 6.07) is 0. The van der Waals surface area contributed by atoms with Crippen molar-refractivity contribution >= 4 is 0 Å². The smallest absolute Gasteiger partial charge is 2.00 e. The summed E-state index contributed by atoms with van der Waals surface area (Å²) < 4.78 is 0. The van der Waals surface area contributed by atoms with Crippen LogP contribution in [-0.4, -0.2) is 0 Å². The van der Waals surface area contributed by atoms with Crippen molar-refractivity contribution in [1.29, 1.82) is 0 Å². The fraction of sp³-hybridized carbons (Fsp3) is 0.750. The minimum atomic E-state index is 0. The first-order valence-corrected chi connectivity index (χ1v) is 3.13. The molecule has 0 aromatic rings. The standard InChI is InChI=1S/2C4H9.3O.2Ti/c2*1-4(2)3;;;;;/h2*4H,1H2,2-3H3;;;;;/q2*-1;3*-2;2*+4. The molecule has 0 aliphatic heterocycles. The first-order chi connectivity index (χ1) is 3.46. The zero-order valence-corrected chi connectivity index (χ0v) is 11.9. The fourth-order valence-corrected chi connectivity index (χ4v) is 0. The Morgan fingerprint density at radius 1 is 0.615 bits per heavy atom. The van der Waals surface area contributed by atoms with E-state index in [-0.39, 0.29) is 59.9 Å². The van der Waals surface area contributed by atoms with Crippen molar-refractivity contribution in [3.05, 3.63) is 13.8 Å². The third kappa shape index (κ3) is 994. The topological polar surface area (TPSA) is 85.5 Å². The van der Waals surface area contributed by atoms with E-state index in [0.717, 1.165) is 0 Å². The van der Waals surface area contributed by atoms with Crippen LogP contribution in [0.4, 0.5) is 0 Å². The van der Waals surface area contributed by atoms with Gasteiger partial charge in [0.05, 0.1) is 0 Å². The van der Waals surface area contributed by atoms with Gasteiger partial charge in [-0.3, -0.25) is 0 Å². The molecule has 0 aromatic heterocycles. The quantitative estimate of drug-likeness (QED) is 0.472. The maximum absolute atomic E-state index is 3.64.